The fraction of sp³-hybridized carbons (Fsp3) is 0.556. The molecule has 0 saturated carbocycles. The van der Waals surface area contributed by atoms with E-state index in [0.717, 1.165) is 24.6 Å². The summed E-state index contributed by atoms with van der Waals surface area (Å²) in [5.41, 5.74) is 0. The minimum absolute atomic E-state index is 1.05. The highest BCUT2D eigenvalue weighted by Crippen LogP contribution is 1.99. The summed E-state index contributed by atoms with van der Waals surface area (Å²) in [4.78, 5) is 0. The van der Waals surface area contributed by atoms with E-state index in [1.165, 1.54) is 32.1 Å². The average Bonchev–Trinajstić information content (AvgIpc) is 2.43. The minimum atomic E-state index is 1.05. The SMILES string of the molecule is CCCC/C=C\C/C=C\C/C=C\C/C=C\CCCBr. The lowest BCUT2D eigenvalue weighted by atomic mass is 10.2. The molecule has 1 heteroatoms. The molecule has 0 bridgehead atoms. The standard InChI is InChI=1S/C18H29Br/c1-2-3-4-5-6-7-8-9-10-11-12-13-14-15-16-17-18-19/h5-6,8-9,11-12,14-15H,2-4,7,10,13,16-18H2,1H3/b6-5-,9-8-,12-11-,15-14-. The third-order valence-electron chi connectivity index (χ3n) is 2.71. The first-order valence-corrected chi connectivity index (χ1v) is 8.70. The van der Waals surface area contributed by atoms with Gasteiger partial charge in [-0.1, -0.05) is 84.3 Å². The first kappa shape index (κ1) is 18.4. The zero-order valence-corrected chi connectivity index (χ0v) is 13.9. The van der Waals surface area contributed by atoms with Crippen LogP contribution in [-0.2, 0) is 0 Å². The molecule has 0 aliphatic rings. The van der Waals surface area contributed by atoms with Crippen molar-refractivity contribution in [2.24, 2.45) is 0 Å². The number of hydrogen-bond acceptors (Lipinski definition) is 0. The number of hydrogen-bond donors (Lipinski definition) is 0. The van der Waals surface area contributed by atoms with Crippen LogP contribution in [-0.4, -0.2) is 5.33 Å². The van der Waals surface area contributed by atoms with E-state index in [0.29, 0.717) is 0 Å². The molecule has 0 N–H and O–H groups in total. The van der Waals surface area contributed by atoms with Crippen molar-refractivity contribution < 1.29 is 0 Å². The van der Waals surface area contributed by atoms with Crippen molar-refractivity contribution in [3.05, 3.63) is 48.6 Å². The van der Waals surface area contributed by atoms with E-state index in [2.05, 4.69) is 71.5 Å². The van der Waals surface area contributed by atoms with Gasteiger partial charge in [0.2, 0.25) is 0 Å². The van der Waals surface area contributed by atoms with Crippen LogP contribution in [0.4, 0.5) is 0 Å². The lowest BCUT2D eigenvalue weighted by Gasteiger charge is -1.88. The Bertz CT molecular complexity index is 243. The quantitative estimate of drug-likeness (QED) is 0.211. The van der Waals surface area contributed by atoms with Gasteiger partial charge in [0, 0.05) is 5.33 Å². The zero-order valence-electron chi connectivity index (χ0n) is 12.4. The highest BCUT2D eigenvalue weighted by molar-refractivity contribution is 9.09. The Labute approximate surface area is 128 Å². The van der Waals surface area contributed by atoms with Crippen molar-refractivity contribution in [1.82, 2.24) is 0 Å². The molecule has 0 atom stereocenters. The summed E-state index contributed by atoms with van der Waals surface area (Å²) in [6.45, 7) is 2.23. The summed E-state index contributed by atoms with van der Waals surface area (Å²) in [7, 11) is 0. The van der Waals surface area contributed by atoms with Gasteiger partial charge >= 0.3 is 0 Å². The maximum absolute atomic E-state index is 3.43. The van der Waals surface area contributed by atoms with E-state index in [9.17, 15) is 0 Å². The molecule has 0 aliphatic carbocycles. The van der Waals surface area contributed by atoms with Gasteiger partial charge in [-0.25, -0.2) is 0 Å². The summed E-state index contributed by atoms with van der Waals surface area (Å²) in [5.74, 6) is 0. The molecule has 0 heterocycles. The van der Waals surface area contributed by atoms with Gasteiger partial charge in [0.1, 0.15) is 0 Å². The van der Waals surface area contributed by atoms with Crippen molar-refractivity contribution in [2.45, 2.75) is 58.3 Å². The monoisotopic (exact) mass is 324 g/mol. The second-order valence-electron chi connectivity index (χ2n) is 4.57. The molecule has 19 heavy (non-hydrogen) atoms. The molecule has 0 rings (SSSR count). The second kappa shape index (κ2) is 17.4. The van der Waals surface area contributed by atoms with E-state index in [1.807, 2.05) is 0 Å². The van der Waals surface area contributed by atoms with Crippen LogP contribution in [0.25, 0.3) is 0 Å². The van der Waals surface area contributed by atoms with Crippen LogP contribution < -0.4 is 0 Å². The zero-order chi connectivity index (χ0) is 14.0. The Kier molecular flexibility index (Phi) is 16.9. The van der Waals surface area contributed by atoms with Gasteiger partial charge in [-0.05, 0) is 38.5 Å². The molecule has 108 valence electrons. The fourth-order valence-corrected chi connectivity index (χ4v) is 1.89. The van der Waals surface area contributed by atoms with Gasteiger partial charge < -0.3 is 0 Å². The van der Waals surface area contributed by atoms with Crippen LogP contribution in [0.3, 0.4) is 0 Å². The molecule has 0 nitrogen and oxygen atoms in total. The van der Waals surface area contributed by atoms with E-state index in [4.69, 9.17) is 0 Å². The predicted octanol–water partition coefficient (Wildman–Crippen LogP) is 6.75. The van der Waals surface area contributed by atoms with Gasteiger partial charge in [-0.3, -0.25) is 0 Å². The number of allylic oxidation sites excluding steroid dienone is 8. The summed E-state index contributed by atoms with van der Waals surface area (Å²) >= 11 is 3.43. The first-order valence-electron chi connectivity index (χ1n) is 7.57. The Morgan fingerprint density at radius 1 is 0.632 bits per heavy atom. The third kappa shape index (κ3) is 17.4. The maximum Gasteiger partial charge on any atom is 0.00342 e. The number of rotatable bonds is 12. The molecule has 0 aromatic heterocycles. The van der Waals surface area contributed by atoms with Gasteiger partial charge in [0.15, 0.2) is 0 Å². The van der Waals surface area contributed by atoms with Crippen molar-refractivity contribution >= 4 is 15.9 Å². The predicted molar refractivity (Wildman–Crippen MR) is 93.0 cm³/mol. The third-order valence-corrected chi connectivity index (χ3v) is 3.27. The van der Waals surface area contributed by atoms with E-state index < -0.39 is 0 Å². The molecule has 0 fully saturated rings. The molecule has 0 unspecified atom stereocenters. The Balaban J connectivity index is 3.36. The van der Waals surface area contributed by atoms with Crippen LogP contribution in [0.2, 0.25) is 0 Å². The van der Waals surface area contributed by atoms with Gasteiger partial charge in [-0.2, -0.15) is 0 Å². The highest BCUT2D eigenvalue weighted by atomic mass is 79.9. The van der Waals surface area contributed by atoms with Crippen molar-refractivity contribution in [1.29, 1.82) is 0 Å². The molecule has 0 aromatic rings. The van der Waals surface area contributed by atoms with Crippen LogP contribution in [0.1, 0.15) is 58.3 Å². The lowest BCUT2D eigenvalue weighted by molar-refractivity contribution is 0.813. The molecule has 0 aromatic carbocycles. The van der Waals surface area contributed by atoms with E-state index in [1.54, 1.807) is 0 Å². The number of alkyl halides is 1. The lowest BCUT2D eigenvalue weighted by Crippen LogP contribution is -1.70. The summed E-state index contributed by atoms with van der Waals surface area (Å²) < 4.78 is 0. The molecule has 0 spiro atoms. The molecular weight excluding hydrogens is 296 g/mol. The second-order valence-corrected chi connectivity index (χ2v) is 5.36. The minimum Gasteiger partial charge on any atom is -0.0928 e. The summed E-state index contributed by atoms with van der Waals surface area (Å²) in [5, 5.41) is 1.10. The van der Waals surface area contributed by atoms with E-state index in [-0.39, 0.29) is 0 Å². The van der Waals surface area contributed by atoms with Gasteiger partial charge in [0.25, 0.3) is 0 Å². The Morgan fingerprint density at radius 3 is 1.47 bits per heavy atom. The number of halogens is 1. The number of unbranched alkanes of at least 4 members (excludes halogenated alkanes) is 3. The van der Waals surface area contributed by atoms with Crippen LogP contribution >= 0.6 is 15.9 Å². The van der Waals surface area contributed by atoms with Gasteiger partial charge in [0.05, 0.1) is 0 Å². The fourth-order valence-electron chi connectivity index (χ4n) is 1.57. The van der Waals surface area contributed by atoms with E-state index >= 15 is 0 Å². The van der Waals surface area contributed by atoms with Crippen molar-refractivity contribution in [2.75, 3.05) is 5.33 Å². The van der Waals surface area contributed by atoms with Gasteiger partial charge in [-0.15, -0.1) is 0 Å². The summed E-state index contributed by atoms with van der Waals surface area (Å²) in [6.07, 6.45) is 27.5. The normalized spacial score (nSPS) is 12.7. The maximum atomic E-state index is 3.43. The molecule has 0 radical (unpaired) electrons. The molecular formula is C18H29Br. The Hall–Kier alpha value is -0.560. The highest BCUT2D eigenvalue weighted by Gasteiger charge is 1.79. The molecule has 0 saturated heterocycles. The van der Waals surface area contributed by atoms with Crippen molar-refractivity contribution in [3.63, 3.8) is 0 Å². The Morgan fingerprint density at radius 2 is 1.05 bits per heavy atom. The topological polar surface area (TPSA) is 0 Å². The molecule has 0 aliphatic heterocycles. The van der Waals surface area contributed by atoms with Crippen LogP contribution in [0, 0.1) is 0 Å². The largest absolute Gasteiger partial charge is 0.0928 e. The first-order chi connectivity index (χ1) is 9.41. The van der Waals surface area contributed by atoms with Crippen LogP contribution in [0.15, 0.2) is 48.6 Å². The smallest absolute Gasteiger partial charge is 0.00342 e. The van der Waals surface area contributed by atoms with Crippen LogP contribution in [0.5, 0.6) is 0 Å². The average molecular weight is 325 g/mol. The summed E-state index contributed by atoms with van der Waals surface area (Å²) in [6, 6.07) is 0. The molecule has 0 amide bonds. The van der Waals surface area contributed by atoms with Crippen molar-refractivity contribution in [3.8, 4) is 0 Å².